The van der Waals surface area contributed by atoms with Crippen molar-refractivity contribution < 1.29 is 0 Å². The number of rotatable bonds is 6. The van der Waals surface area contributed by atoms with Crippen LogP contribution < -0.4 is 0 Å². The minimum absolute atomic E-state index is 1.09. The van der Waals surface area contributed by atoms with Crippen molar-refractivity contribution in [1.29, 1.82) is 0 Å². The van der Waals surface area contributed by atoms with E-state index in [0.29, 0.717) is 0 Å². The van der Waals surface area contributed by atoms with E-state index in [1.54, 1.807) is 0 Å². The number of benzene rings is 2. The van der Waals surface area contributed by atoms with E-state index in [-0.39, 0.29) is 0 Å². The molecule has 0 unspecified atom stereocenters. The number of thiol groups is 2. The second-order valence-corrected chi connectivity index (χ2v) is 7.29. The molecule has 0 bridgehead atoms. The molecule has 0 radical (unpaired) electrons. The molecular formula is C18H22S3. The topological polar surface area (TPSA) is 0 Å². The maximum Gasteiger partial charge on any atom is 0.0125 e. The lowest BCUT2D eigenvalue weighted by molar-refractivity contribution is 0.894. The normalized spacial score (nSPS) is 10.9. The fourth-order valence-corrected chi connectivity index (χ4v) is 3.77. The van der Waals surface area contributed by atoms with E-state index in [0.717, 1.165) is 35.5 Å². The maximum absolute atomic E-state index is 4.54. The molecule has 0 amide bonds. The van der Waals surface area contributed by atoms with Gasteiger partial charge in [0.05, 0.1) is 0 Å². The van der Waals surface area contributed by atoms with Crippen LogP contribution in [0.25, 0.3) is 0 Å². The Morgan fingerprint density at radius 1 is 0.762 bits per heavy atom. The second-order valence-electron chi connectivity index (χ2n) is 5.18. The summed E-state index contributed by atoms with van der Waals surface area (Å²) < 4.78 is 0. The first-order chi connectivity index (χ1) is 10.1. The molecule has 0 spiro atoms. The predicted molar refractivity (Wildman–Crippen MR) is 99.5 cm³/mol. The first kappa shape index (κ1) is 16.9. The largest absolute Gasteiger partial charge is 0.143 e. The van der Waals surface area contributed by atoms with Gasteiger partial charge in [0.2, 0.25) is 0 Å². The van der Waals surface area contributed by atoms with Crippen LogP contribution in [0.15, 0.2) is 56.0 Å². The Labute approximate surface area is 143 Å². The van der Waals surface area contributed by atoms with E-state index >= 15 is 0 Å². The highest BCUT2D eigenvalue weighted by atomic mass is 32.2. The van der Waals surface area contributed by atoms with Gasteiger partial charge in [-0.05, 0) is 60.4 Å². The quantitative estimate of drug-likeness (QED) is 0.583. The fraction of sp³-hybridized carbons (Fsp3) is 0.333. The lowest BCUT2D eigenvalue weighted by Gasteiger charge is -2.10. The van der Waals surface area contributed by atoms with Gasteiger partial charge in [0.25, 0.3) is 0 Å². The third kappa shape index (κ3) is 4.73. The van der Waals surface area contributed by atoms with Crippen LogP contribution in [0.4, 0.5) is 0 Å². The summed E-state index contributed by atoms with van der Waals surface area (Å²) >= 11 is 10.9. The Morgan fingerprint density at radius 3 is 1.57 bits per heavy atom. The molecule has 0 N–H and O–H groups in total. The maximum atomic E-state index is 4.54. The molecule has 0 atom stereocenters. The minimum atomic E-state index is 1.09. The van der Waals surface area contributed by atoms with Crippen molar-refractivity contribution in [2.45, 2.75) is 59.1 Å². The molecule has 0 saturated carbocycles. The van der Waals surface area contributed by atoms with E-state index in [1.165, 1.54) is 20.9 Å². The van der Waals surface area contributed by atoms with Crippen molar-refractivity contribution in [1.82, 2.24) is 0 Å². The van der Waals surface area contributed by atoms with E-state index in [9.17, 15) is 0 Å². The number of hydrogen-bond acceptors (Lipinski definition) is 3. The Kier molecular flexibility index (Phi) is 6.59. The van der Waals surface area contributed by atoms with Crippen LogP contribution >= 0.6 is 37.0 Å². The summed E-state index contributed by atoms with van der Waals surface area (Å²) in [4.78, 5) is 4.76. The minimum Gasteiger partial charge on any atom is -0.143 e. The van der Waals surface area contributed by atoms with Gasteiger partial charge in [0.15, 0.2) is 0 Å². The zero-order chi connectivity index (χ0) is 15.2. The van der Waals surface area contributed by atoms with E-state index in [4.69, 9.17) is 0 Å². The molecule has 0 heterocycles. The Hall–Kier alpha value is -0.510. The van der Waals surface area contributed by atoms with Crippen LogP contribution in [0.1, 0.15) is 37.8 Å². The smallest absolute Gasteiger partial charge is 0.0125 e. The van der Waals surface area contributed by atoms with Gasteiger partial charge in [-0.25, -0.2) is 0 Å². The summed E-state index contributed by atoms with van der Waals surface area (Å²) in [7, 11) is 0. The van der Waals surface area contributed by atoms with Crippen molar-refractivity contribution in [2.75, 3.05) is 0 Å². The van der Waals surface area contributed by atoms with Gasteiger partial charge in [-0.2, -0.15) is 0 Å². The Balaban J connectivity index is 2.21. The first-order valence-corrected chi connectivity index (χ1v) is 9.16. The van der Waals surface area contributed by atoms with Crippen molar-refractivity contribution in [3.05, 3.63) is 47.5 Å². The van der Waals surface area contributed by atoms with Crippen LogP contribution in [0.3, 0.4) is 0 Å². The van der Waals surface area contributed by atoms with Crippen molar-refractivity contribution in [3.8, 4) is 0 Å². The van der Waals surface area contributed by atoms with Crippen LogP contribution in [0, 0.1) is 0 Å². The molecule has 0 fully saturated rings. The lowest BCUT2D eigenvalue weighted by atomic mass is 10.1. The van der Waals surface area contributed by atoms with Crippen LogP contribution in [-0.2, 0) is 12.8 Å². The zero-order valence-electron chi connectivity index (χ0n) is 12.6. The van der Waals surface area contributed by atoms with Crippen LogP contribution in [-0.4, -0.2) is 0 Å². The molecule has 2 rings (SSSR count). The molecular weight excluding hydrogens is 312 g/mol. The highest BCUT2D eigenvalue weighted by Crippen LogP contribution is 2.32. The number of hydrogen-bond donors (Lipinski definition) is 2. The number of aryl methyl sites for hydroxylation is 2. The SMILES string of the molecule is CCCc1cc(Sc2ccc(S)c(CCC)c2)ccc1S. The summed E-state index contributed by atoms with van der Waals surface area (Å²) in [6.45, 7) is 4.41. The van der Waals surface area contributed by atoms with E-state index in [1.807, 2.05) is 11.8 Å². The standard InChI is InChI=1S/C18H22S3/c1-3-5-13-11-15(7-9-17(13)19)21-16-8-10-18(20)14(12-16)6-4-2/h7-12,19-20H,3-6H2,1-2H3. The molecule has 0 nitrogen and oxygen atoms in total. The average molecular weight is 335 g/mol. The van der Waals surface area contributed by atoms with E-state index < -0.39 is 0 Å². The lowest BCUT2D eigenvalue weighted by Crippen LogP contribution is -1.88. The summed E-state index contributed by atoms with van der Waals surface area (Å²) in [6.07, 6.45) is 4.47. The van der Waals surface area contributed by atoms with Gasteiger partial charge in [-0.3, -0.25) is 0 Å². The molecule has 0 aromatic heterocycles. The molecule has 3 heteroatoms. The molecule has 0 saturated heterocycles. The van der Waals surface area contributed by atoms with Gasteiger partial charge < -0.3 is 0 Å². The van der Waals surface area contributed by atoms with Crippen LogP contribution in [0.5, 0.6) is 0 Å². The summed E-state index contributed by atoms with van der Waals surface area (Å²) in [5, 5.41) is 0. The average Bonchev–Trinajstić information content (AvgIpc) is 2.47. The highest BCUT2D eigenvalue weighted by molar-refractivity contribution is 7.99. The molecule has 2 aromatic rings. The predicted octanol–water partition coefficient (Wildman–Crippen LogP) is 6.32. The van der Waals surface area contributed by atoms with Gasteiger partial charge >= 0.3 is 0 Å². The van der Waals surface area contributed by atoms with Crippen molar-refractivity contribution >= 4 is 37.0 Å². The molecule has 21 heavy (non-hydrogen) atoms. The highest BCUT2D eigenvalue weighted by Gasteiger charge is 2.05. The van der Waals surface area contributed by atoms with Gasteiger partial charge in [0.1, 0.15) is 0 Å². The third-order valence-corrected chi connectivity index (χ3v) is 5.23. The van der Waals surface area contributed by atoms with Crippen molar-refractivity contribution in [3.63, 3.8) is 0 Å². The van der Waals surface area contributed by atoms with Gasteiger partial charge in [-0.1, -0.05) is 38.5 Å². The summed E-state index contributed by atoms with van der Waals surface area (Å²) in [6, 6.07) is 13.1. The molecule has 0 aliphatic carbocycles. The monoisotopic (exact) mass is 334 g/mol. The first-order valence-electron chi connectivity index (χ1n) is 7.45. The second kappa shape index (κ2) is 8.21. The van der Waals surface area contributed by atoms with Gasteiger partial charge in [0, 0.05) is 19.6 Å². The summed E-state index contributed by atoms with van der Waals surface area (Å²) in [5.41, 5.74) is 2.68. The summed E-state index contributed by atoms with van der Waals surface area (Å²) in [5.74, 6) is 0. The van der Waals surface area contributed by atoms with Crippen LogP contribution in [0.2, 0.25) is 0 Å². The molecule has 112 valence electrons. The van der Waals surface area contributed by atoms with E-state index in [2.05, 4.69) is 75.5 Å². The molecule has 0 aliphatic rings. The Bertz CT molecular complexity index is 552. The fourth-order valence-electron chi connectivity index (χ4n) is 2.33. The molecule has 0 aliphatic heterocycles. The Morgan fingerprint density at radius 2 is 1.19 bits per heavy atom. The zero-order valence-corrected chi connectivity index (χ0v) is 15.2. The molecule has 2 aromatic carbocycles. The van der Waals surface area contributed by atoms with Crippen molar-refractivity contribution in [2.24, 2.45) is 0 Å². The van der Waals surface area contributed by atoms with Gasteiger partial charge in [-0.15, -0.1) is 25.3 Å². The third-order valence-electron chi connectivity index (χ3n) is 3.38.